The third-order valence-corrected chi connectivity index (χ3v) is 2.41. The first kappa shape index (κ1) is 14.0. The van der Waals surface area contributed by atoms with E-state index in [1.807, 2.05) is 6.92 Å². The summed E-state index contributed by atoms with van der Waals surface area (Å²) in [6.07, 6.45) is 1.68. The largest absolute Gasteiger partial charge is 0.478 e. The third kappa shape index (κ3) is 4.07. The fourth-order valence-corrected chi connectivity index (χ4v) is 1.43. The number of carboxylic acid groups (broad SMARTS) is 1. The highest BCUT2D eigenvalue weighted by Crippen LogP contribution is 2.25. The summed E-state index contributed by atoms with van der Waals surface area (Å²) in [4.78, 5) is 21.6. The molecule has 0 heterocycles. The summed E-state index contributed by atoms with van der Waals surface area (Å²) < 4.78 is 0. The van der Waals surface area contributed by atoms with Crippen LogP contribution in [0.4, 0.5) is 5.69 Å². The topological polar surface area (TPSA) is 66.4 Å². The number of carbonyl (C=O) groups is 2. The summed E-state index contributed by atoms with van der Waals surface area (Å²) in [6.45, 7) is 5.63. The monoisotopic (exact) mass is 265 g/mol. The van der Waals surface area contributed by atoms with Crippen molar-refractivity contribution in [1.82, 2.24) is 0 Å². The minimum Gasteiger partial charge on any atom is -0.478 e. The quantitative estimate of drug-likeness (QED) is 0.823. The Morgan fingerprint density at radius 3 is 2.56 bits per heavy atom. The van der Waals surface area contributed by atoms with Gasteiger partial charge in [0.25, 0.3) is 0 Å². The second kappa shape index (κ2) is 6.02. The molecule has 0 atom stereocenters. The van der Waals surface area contributed by atoms with Crippen LogP contribution in [0.25, 0.3) is 5.57 Å². The van der Waals surface area contributed by atoms with Gasteiger partial charge in [-0.2, -0.15) is 0 Å². The van der Waals surface area contributed by atoms with Gasteiger partial charge in [-0.3, -0.25) is 4.79 Å². The maximum absolute atomic E-state index is 11.4. The molecule has 0 bridgehead atoms. The summed E-state index contributed by atoms with van der Waals surface area (Å²) in [7, 11) is 0. The van der Waals surface area contributed by atoms with Gasteiger partial charge in [0, 0.05) is 12.2 Å². The minimum absolute atomic E-state index is 0.368. The second-order valence-electron chi connectivity index (χ2n) is 3.64. The second-order valence-corrected chi connectivity index (χ2v) is 4.04. The van der Waals surface area contributed by atoms with Crippen LogP contribution in [0.1, 0.15) is 12.5 Å². The number of halogens is 1. The van der Waals surface area contributed by atoms with E-state index in [1.165, 1.54) is 0 Å². The van der Waals surface area contributed by atoms with E-state index < -0.39 is 11.9 Å². The van der Waals surface area contributed by atoms with E-state index in [0.29, 0.717) is 10.7 Å². The van der Waals surface area contributed by atoms with Gasteiger partial charge in [-0.15, -0.1) is 0 Å². The van der Waals surface area contributed by atoms with Crippen molar-refractivity contribution in [3.63, 3.8) is 0 Å². The van der Waals surface area contributed by atoms with Crippen molar-refractivity contribution in [2.45, 2.75) is 6.92 Å². The van der Waals surface area contributed by atoms with Crippen LogP contribution in [0, 0.1) is 0 Å². The van der Waals surface area contributed by atoms with Gasteiger partial charge in [0.2, 0.25) is 5.91 Å². The van der Waals surface area contributed by atoms with Crippen LogP contribution in [-0.4, -0.2) is 17.0 Å². The molecule has 0 radical (unpaired) electrons. The molecule has 4 nitrogen and oxygen atoms in total. The molecule has 1 amide bonds. The molecule has 0 saturated heterocycles. The lowest BCUT2D eigenvalue weighted by Crippen LogP contribution is -2.09. The van der Waals surface area contributed by atoms with Gasteiger partial charge in [-0.05, 0) is 24.6 Å². The zero-order valence-corrected chi connectivity index (χ0v) is 10.5. The zero-order chi connectivity index (χ0) is 13.7. The molecule has 1 aromatic rings. The lowest BCUT2D eigenvalue weighted by molar-refractivity contribution is -0.131. The number of nitrogens with one attached hydrogen (secondary N) is 1. The molecule has 0 spiro atoms. The molecule has 0 fully saturated rings. The predicted octanol–water partition coefficient (Wildman–Crippen LogP) is 2.95. The van der Waals surface area contributed by atoms with Crippen molar-refractivity contribution < 1.29 is 14.7 Å². The number of hydrogen-bond acceptors (Lipinski definition) is 2. The van der Waals surface area contributed by atoms with Crippen LogP contribution >= 0.6 is 11.6 Å². The Balaban J connectivity index is 2.83. The van der Waals surface area contributed by atoms with Gasteiger partial charge >= 0.3 is 5.97 Å². The van der Waals surface area contributed by atoms with Crippen LogP contribution in [0.2, 0.25) is 5.02 Å². The third-order valence-electron chi connectivity index (χ3n) is 2.10. The van der Waals surface area contributed by atoms with Crippen molar-refractivity contribution in [3.8, 4) is 0 Å². The zero-order valence-electron chi connectivity index (χ0n) is 9.74. The highest BCUT2D eigenvalue weighted by atomic mass is 35.5. The van der Waals surface area contributed by atoms with Crippen LogP contribution in [0.15, 0.2) is 36.9 Å². The molecular formula is C13H12ClNO3. The average Bonchev–Trinajstić information content (AvgIpc) is 2.29. The molecule has 0 unspecified atom stereocenters. The summed E-state index contributed by atoms with van der Waals surface area (Å²) in [6, 6.07) is 5.09. The first-order chi connectivity index (χ1) is 8.40. The Kier molecular flexibility index (Phi) is 4.68. The van der Waals surface area contributed by atoms with Crippen molar-refractivity contribution in [2.24, 2.45) is 0 Å². The molecule has 2 N–H and O–H groups in total. The SMILES string of the molecule is C=C(C)c1ccc(NC(=O)C=CC(=O)O)c(Cl)c1. The fourth-order valence-electron chi connectivity index (χ4n) is 1.20. The molecule has 0 aliphatic rings. The Bertz CT molecular complexity index is 535. The van der Waals surface area contributed by atoms with E-state index >= 15 is 0 Å². The number of carboxylic acids is 1. The van der Waals surface area contributed by atoms with Crippen LogP contribution in [0.5, 0.6) is 0 Å². The van der Waals surface area contributed by atoms with Gasteiger partial charge < -0.3 is 10.4 Å². The fraction of sp³-hybridized carbons (Fsp3) is 0.0769. The number of benzene rings is 1. The van der Waals surface area contributed by atoms with E-state index in [0.717, 1.165) is 23.3 Å². The molecule has 0 aliphatic heterocycles. The number of carbonyl (C=O) groups excluding carboxylic acids is 1. The number of amides is 1. The van der Waals surface area contributed by atoms with Crippen LogP contribution < -0.4 is 5.32 Å². The minimum atomic E-state index is -1.19. The molecule has 0 aromatic heterocycles. The first-order valence-corrected chi connectivity index (χ1v) is 5.45. The number of allylic oxidation sites excluding steroid dienone is 1. The number of rotatable bonds is 4. The predicted molar refractivity (Wildman–Crippen MR) is 71.6 cm³/mol. The summed E-state index contributed by atoms with van der Waals surface area (Å²) in [5.74, 6) is -1.74. The maximum atomic E-state index is 11.4. The Morgan fingerprint density at radius 1 is 1.39 bits per heavy atom. The molecule has 5 heteroatoms. The Morgan fingerprint density at radius 2 is 2.06 bits per heavy atom. The van der Waals surface area contributed by atoms with E-state index in [2.05, 4.69) is 11.9 Å². The Labute approximate surface area is 110 Å². The number of hydrogen-bond donors (Lipinski definition) is 2. The van der Waals surface area contributed by atoms with Crippen molar-refractivity contribution in [1.29, 1.82) is 0 Å². The van der Waals surface area contributed by atoms with Crippen LogP contribution in [0.3, 0.4) is 0 Å². The lowest BCUT2D eigenvalue weighted by Gasteiger charge is -2.07. The lowest BCUT2D eigenvalue weighted by atomic mass is 10.1. The summed E-state index contributed by atoms with van der Waals surface area (Å²) in [5, 5.41) is 11.2. The van der Waals surface area contributed by atoms with Gasteiger partial charge in [0.1, 0.15) is 0 Å². The molecule has 0 aliphatic carbocycles. The standard InChI is InChI=1S/C13H12ClNO3/c1-8(2)9-3-4-11(10(14)7-9)15-12(16)5-6-13(17)18/h3-7H,1H2,2H3,(H,15,16)(H,17,18). The number of aliphatic carboxylic acids is 1. The molecule has 1 rings (SSSR count). The molecule has 1 aromatic carbocycles. The highest BCUT2D eigenvalue weighted by Gasteiger charge is 2.05. The first-order valence-electron chi connectivity index (χ1n) is 5.07. The van der Waals surface area contributed by atoms with Gasteiger partial charge in [0.05, 0.1) is 10.7 Å². The van der Waals surface area contributed by atoms with Crippen molar-refractivity contribution >= 4 is 34.7 Å². The van der Waals surface area contributed by atoms with E-state index in [-0.39, 0.29) is 0 Å². The van der Waals surface area contributed by atoms with Gasteiger partial charge in [0.15, 0.2) is 0 Å². The maximum Gasteiger partial charge on any atom is 0.328 e. The van der Waals surface area contributed by atoms with Crippen molar-refractivity contribution in [2.75, 3.05) is 5.32 Å². The van der Waals surface area contributed by atoms with Crippen molar-refractivity contribution in [3.05, 3.63) is 47.5 Å². The highest BCUT2D eigenvalue weighted by molar-refractivity contribution is 6.34. The Hall–Kier alpha value is -2.07. The van der Waals surface area contributed by atoms with Gasteiger partial charge in [-0.1, -0.05) is 29.8 Å². The summed E-state index contributed by atoms with van der Waals surface area (Å²) in [5.41, 5.74) is 2.15. The average molecular weight is 266 g/mol. The smallest absolute Gasteiger partial charge is 0.328 e. The molecule has 0 saturated carbocycles. The van der Waals surface area contributed by atoms with Crippen LogP contribution in [-0.2, 0) is 9.59 Å². The normalized spacial score (nSPS) is 10.3. The summed E-state index contributed by atoms with van der Waals surface area (Å²) >= 11 is 5.98. The van der Waals surface area contributed by atoms with Gasteiger partial charge in [-0.25, -0.2) is 4.79 Å². The molecule has 18 heavy (non-hydrogen) atoms. The molecular weight excluding hydrogens is 254 g/mol. The van der Waals surface area contributed by atoms with E-state index in [9.17, 15) is 9.59 Å². The molecule has 94 valence electrons. The van der Waals surface area contributed by atoms with E-state index in [1.54, 1.807) is 18.2 Å². The van der Waals surface area contributed by atoms with E-state index in [4.69, 9.17) is 16.7 Å². The number of anilines is 1.